The van der Waals surface area contributed by atoms with Crippen LogP contribution in [0.15, 0.2) is 29.1 Å². The van der Waals surface area contributed by atoms with Crippen molar-refractivity contribution in [3.05, 3.63) is 46.8 Å². The van der Waals surface area contributed by atoms with Gasteiger partial charge in [0.1, 0.15) is 12.1 Å². The number of hydrogen-bond donors (Lipinski definition) is 0. The van der Waals surface area contributed by atoms with Crippen LogP contribution in [-0.2, 0) is 13.6 Å². The van der Waals surface area contributed by atoms with Gasteiger partial charge in [-0.05, 0) is 26.0 Å². The van der Waals surface area contributed by atoms with Crippen LogP contribution in [0.1, 0.15) is 17.1 Å². The average molecular weight is 383 g/mol. The Morgan fingerprint density at radius 2 is 2.00 bits per heavy atom. The van der Waals surface area contributed by atoms with Crippen molar-refractivity contribution in [2.24, 2.45) is 7.05 Å². The van der Waals surface area contributed by atoms with E-state index >= 15 is 0 Å². The summed E-state index contributed by atoms with van der Waals surface area (Å²) in [5.41, 5.74) is 3.15. The molecule has 0 fully saturated rings. The second-order valence-corrected chi connectivity index (χ2v) is 6.74. The molecule has 0 atom stereocenters. The second kappa shape index (κ2) is 5.65. The van der Waals surface area contributed by atoms with E-state index in [0.717, 1.165) is 28.2 Å². The standard InChI is InChI=1S/C17H15ClN8O/c1-9-14(18)10(2)25(22-9)7-11-4-5-13(27-11)15-21-17-12-6-20-24(3)16(12)19-8-26(17)23-15/h4-6,8H,7H2,1-3H3. The molecule has 5 aromatic rings. The largest absolute Gasteiger partial charge is 0.456 e. The van der Waals surface area contributed by atoms with Gasteiger partial charge in [0.2, 0.25) is 5.82 Å². The fourth-order valence-corrected chi connectivity index (χ4v) is 3.24. The molecule has 0 aliphatic rings. The van der Waals surface area contributed by atoms with Crippen LogP contribution in [0.3, 0.4) is 0 Å². The van der Waals surface area contributed by atoms with Gasteiger partial charge >= 0.3 is 0 Å². The van der Waals surface area contributed by atoms with Crippen molar-refractivity contribution in [2.75, 3.05) is 0 Å². The van der Waals surface area contributed by atoms with E-state index in [4.69, 9.17) is 16.0 Å². The lowest BCUT2D eigenvalue weighted by atomic mass is 10.4. The van der Waals surface area contributed by atoms with Crippen LogP contribution in [0.25, 0.3) is 28.3 Å². The number of aryl methyl sites for hydroxylation is 2. The molecule has 0 saturated heterocycles. The molecule has 27 heavy (non-hydrogen) atoms. The quantitative estimate of drug-likeness (QED) is 0.476. The molecule has 0 spiro atoms. The minimum Gasteiger partial charge on any atom is -0.456 e. The van der Waals surface area contributed by atoms with E-state index in [0.29, 0.717) is 28.8 Å². The second-order valence-electron chi connectivity index (χ2n) is 6.36. The summed E-state index contributed by atoms with van der Waals surface area (Å²) < 4.78 is 11.1. The van der Waals surface area contributed by atoms with Crippen LogP contribution in [0.2, 0.25) is 5.02 Å². The van der Waals surface area contributed by atoms with Crippen molar-refractivity contribution in [1.82, 2.24) is 39.1 Å². The zero-order valence-electron chi connectivity index (χ0n) is 14.9. The lowest BCUT2D eigenvalue weighted by Crippen LogP contribution is -2.02. The number of hydrogen-bond acceptors (Lipinski definition) is 6. The third kappa shape index (κ3) is 2.42. The summed E-state index contributed by atoms with van der Waals surface area (Å²) in [5.74, 6) is 1.82. The number of halogens is 1. The zero-order valence-corrected chi connectivity index (χ0v) is 15.6. The van der Waals surface area contributed by atoms with E-state index in [-0.39, 0.29) is 0 Å². The fraction of sp³-hybridized carbons (Fsp3) is 0.235. The first kappa shape index (κ1) is 16.0. The van der Waals surface area contributed by atoms with Gasteiger partial charge in [-0.3, -0.25) is 9.36 Å². The van der Waals surface area contributed by atoms with E-state index in [2.05, 4.69) is 25.3 Å². The van der Waals surface area contributed by atoms with Crippen molar-refractivity contribution >= 4 is 28.3 Å². The van der Waals surface area contributed by atoms with E-state index in [9.17, 15) is 0 Å². The van der Waals surface area contributed by atoms with Crippen LogP contribution in [0.5, 0.6) is 0 Å². The van der Waals surface area contributed by atoms with Crippen molar-refractivity contribution in [3.63, 3.8) is 0 Å². The molecular weight excluding hydrogens is 368 g/mol. The monoisotopic (exact) mass is 382 g/mol. The first-order valence-corrected chi connectivity index (χ1v) is 8.70. The first-order valence-electron chi connectivity index (χ1n) is 8.33. The first-order chi connectivity index (χ1) is 13.0. The highest BCUT2D eigenvalue weighted by Crippen LogP contribution is 2.24. The van der Waals surface area contributed by atoms with Gasteiger partial charge in [0.05, 0.1) is 34.5 Å². The Balaban J connectivity index is 1.52. The summed E-state index contributed by atoms with van der Waals surface area (Å²) in [6.07, 6.45) is 3.35. The van der Waals surface area contributed by atoms with Crippen LogP contribution in [0.4, 0.5) is 0 Å². The Hall–Kier alpha value is -3.20. The van der Waals surface area contributed by atoms with Crippen LogP contribution >= 0.6 is 11.6 Å². The number of nitrogens with zero attached hydrogens (tertiary/aromatic N) is 8. The number of furan rings is 1. The van der Waals surface area contributed by atoms with E-state index in [1.54, 1.807) is 21.7 Å². The number of fused-ring (bicyclic) bond motifs is 3. The molecule has 0 saturated carbocycles. The maximum atomic E-state index is 6.21. The summed E-state index contributed by atoms with van der Waals surface area (Å²) >= 11 is 6.21. The molecule has 5 rings (SSSR count). The predicted molar refractivity (Wildman–Crippen MR) is 98.6 cm³/mol. The third-order valence-corrected chi connectivity index (χ3v) is 5.10. The molecule has 5 heterocycles. The Labute approximate surface area is 158 Å². The lowest BCUT2D eigenvalue weighted by molar-refractivity contribution is 0.483. The van der Waals surface area contributed by atoms with Gasteiger partial charge in [-0.2, -0.15) is 10.2 Å². The van der Waals surface area contributed by atoms with Gasteiger partial charge < -0.3 is 4.42 Å². The number of rotatable bonds is 3. The van der Waals surface area contributed by atoms with Crippen molar-refractivity contribution in [1.29, 1.82) is 0 Å². The van der Waals surface area contributed by atoms with Gasteiger partial charge in [-0.25, -0.2) is 14.5 Å². The van der Waals surface area contributed by atoms with Crippen molar-refractivity contribution < 1.29 is 4.42 Å². The fourth-order valence-electron chi connectivity index (χ4n) is 3.10. The normalized spacial score (nSPS) is 11.9. The van der Waals surface area contributed by atoms with Gasteiger partial charge in [0.15, 0.2) is 17.1 Å². The molecule has 10 heteroatoms. The molecule has 136 valence electrons. The highest BCUT2D eigenvalue weighted by molar-refractivity contribution is 6.31. The molecule has 0 aliphatic carbocycles. The highest BCUT2D eigenvalue weighted by Gasteiger charge is 2.16. The maximum absolute atomic E-state index is 6.21. The number of aromatic nitrogens is 8. The Morgan fingerprint density at radius 1 is 1.15 bits per heavy atom. The maximum Gasteiger partial charge on any atom is 0.217 e. The summed E-state index contributed by atoms with van der Waals surface area (Å²) in [5, 5.41) is 14.6. The van der Waals surface area contributed by atoms with Crippen molar-refractivity contribution in [3.8, 4) is 11.6 Å². The molecule has 0 radical (unpaired) electrons. The summed E-state index contributed by atoms with van der Waals surface area (Å²) in [4.78, 5) is 8.97. The van der Waals surface area contributed by atoms with Gasteiger partial charge in [0, 0.05) is 7.05 Å². The Kier molecular flexibility index (Phi) is 3.35. The molecule has 0 bridgehead atoms. The molecule has 9 nitrogen and oxygen atoms in total. The minimum absolute atomic E-state index is 0.487. The zero-order chi connectivity index (χ0) is 18.7. The third-order valence-electron chi connectivity index (χ3n) is 4.55. The summed E-state index contributed by atoms with van der Waals surface area (Å²) in [6.45, 7) is 4.30. The van der Waals surface area contributed by atoms with Crippen LogP contribution in [0, 0.1) is 13.8 Å². The van der Waals surface area contributed by atoms with Crippen LogP contribution in [-0.4, -0.2) is 39.1 Å². The molecule has 5 aromatic heterocycles. The molecule has 0 amide bonds. The molecule has 0 aliphatic heterocycles. The lowest BCUT2D eigenvalue weighted by Gasteiger charge is -2.01. The average Bonchev–Trinajstić information content (AvgIpc) is 3.40. The SMILES string of the molecule is Cc1nn(Cc2ccc(-c3nc4c5cnn(C)c5ncn4n3)o2)c(C)c1Cl. The van der Waals surface area contributed by atoms with Gasteiger partial charge in [-0.15, -0.1) is 5.10 Å². The van der Waals surface area contributed by atoms with Crippen molar-refractivity contribution in [2.45, 2.75) is 20.4 Å². The molecule has 0 aromatic carbocycles. The molecule has 0 N–H and O–H groups in total. The van der Waals surface area contributed by atoms with E-state index in [1.165, 1.54) is 0 Å². The van der Waals surface area contributed by atoms with E-state index < -0.39 is 0 Å². The highest BCUT2D eigenvalue weighted by atomic mass is 35.5. The molecule has 0 unspecified atom stereocenters. The minimum atomic E-state index is 0.487. The van der Waals surface area contributed by atoms with Crippen LogP contribution < -0.4 is 0 Å². The van der Waals surface area contributed by atoms with Gasteiger partial charge in [0.25, 0.3) is 0 Å². The predicted octanol–water partition coefficient (Wildman–Crippen LogP) is 2.79. The molecular formula is C17H15ClN8O. The summed E-state index contributed by atoms with van der Waals surface area (Å²) in [7, 11) is 1.84. The van der Waals surface area contributed by atoms with Gasteiger partial charge in [-0.1, -0.05) is 11.6 Å². The van der Waals surface area contributed by atoms with E-state index in [1.807, 2.05) is 37.7 Å². The summed E-state index contributed by atoms with van der Waals surface area (Å²) in [6, 6.07) is 3.74. The Morgan fingerprint density at radius 3 is 2.78 bits per heavy atom. The Bertz CT molecular complexity index is 1310. The topological polar surface area (TPSA) is 91.9 Å². The smallest absolute Gasteiger partial charge is 0.217 e.